The molecular formula is C21H26ClF3N2O3. The normalized spacial score (nSPS) is 20.9. The van der Waals surface area contributed by atoms with Gasteiger partial charge in [-0.3, -0.25) is 9.59 Å². The first kappa shape index (κ1) is 22.7. The van der Waals surface area contributed by atoms with E-state index in [-0.39, 0.29) is 35.7 Å². The number of hydrogen-bond acceptors (Lipinski definition) is 4. The van der Waals surface area contributed by atoms with Crippen LogP contribution in [-0.2, 0) is 9.53 Å². The Morgan fingerprint density at radius 2 is 1.87 bits per heavy atom. The molecule has 30 heavy (non-hydrogen) atoms. The fourth-order valence-corrected chi connectivity index (χ4v) is 4.38. The van der Waals surface area contributed by atoms with E-state index in [1.165, 1.54) is 0 Å². The Labute approximate surface area is 179 Å². The van der Waals surface area contributed by atoms with Crippen LogP contribution in [0.4, 0.5) is 18.9 Å². The van der Waals surface area contributed by atoms with E-state index in [4.69, 9.17) is 16.3 Å². The van der Waals surface area contributed by atoms with E-state index in [1.807, 2.05) is 4.90 Å². The second-order valence-electron chi connectivity index (χ2n) is 7.81. The summed E-state index contributed by atoms with van der Waals surface area (Å²) >= 11 is 6.37. The Balaban J connectivity index is 1.65. The molecule has 3 rings (SSSR count). The third-order valence-electron chi connectivity index (χ3n) is 5.83. The first-order valence-corrected chi connectivity index (χ1v) is 10.7. The number of halogens is 4. The van der Waals surface area contributed by atoms with Gasteiger partial charge in [0.15, 0.2) is 0 Å². The van der Waals surface area contributed by atoms with Gasteiger partial charge in [0, 0.05) is 31.9 Å². The summed E-state index contributed by atoms with van der Waals surface area (Å²) in [4.78, 5) is 28.4. The highest BCUT2D eigenvalue weighted by atomic mass is 35.5. The summed E-state index contributed by atoms with van der Waals surface area (Å²) in [5.74, 6) is -2.15. The minimum absolute atomic E-state index is 0.0465. The number of alkyl halides is 3. The molecule has 0 bridgehead atoms. The van der Waals surface area contributed by atoms with E-state index in [1.54, 1.807) is 30.0 Å². The molecular weight excluding hydrogens is 421 g/mol. The Morgan fingerprint density at radius 3 is 2.47 bits per heavy atom. The molecule has 2 fully saturated rings. The highest BCUT2D eigenvalue weighted by molar-refractivity contribution is 6.34. The number of ether oxygens (including phenoxy) is 1. The largest absolute Gasteiger partial charge is 0.466 e. The first-order valence-electron chi connectivity index (χ1n) is 10.3. The summed E-state index contributed by atoms with van der Waals surface area (Å²) in [5.41, 5.74) is 1.04. The average Bonchev–Trinajstić information content (AvgIpc) is 2.73. The van der Waals surface area contributed by atoms with Gasteiger partial charge in [0.25, 0.3) is 5.91 Å². The van der Waals surface area contributed by atoms with Crippen LogP contribution in [0.3, 0.4) is 0 Å². The molecule has 2 saturated heterocycles. The fraction of sp³-hybridized carbons (Fsp3) is 0.619. The second kappa shape index (κ2) is 9.45. The van der Waals surface area contributed by atoms with E-state index < -0.39 is 12.1 Å². The van der Waals surface area contributed by atoms with Crippen molar-refractivity contribution in [2.45, 2.75) is 38.8 Å². The average molecular weight is 447 g/mol. The van der Waals surface area contributed by atoms with Gasteiger partial charge in [-0.1, -0.05) is 11.6 Å². The van der Waals surface area contributed by atoms with Crippen molar-refractivity contribution in [1.82, 2.24) is 4.90 Å². The van der Waals surface area contributed by atoms with Crippen molar-refractivity contribution >= 4 is 29.2 Å². The van der Waals surface area contributed by atoms with Crippen molar-refractivity contribution in [3.05, 3.63) is 28.8 Å². The molecule has 0 spiro atoms. The molecule has 1 amide bonds. The van der Waals surface area contributed by atoms with Crippen LogP contribution in [0.25, 0.3) is 0 Å². The number of rotatable bonds is 4. The Bertz CT molecular complexity index is 779. The Morgan fingerprint density at radius 1 is 1.17 bits per heavy atom. The van der Waals surface area contributed by atoms with Gasteiger partial charge in [0.2, 0.25) is 0 Å². The van der Waals surface area contributed by atoms with Crippen molar-refractivity contribution in [3.63, 3.8) is 0 Å². The second-order valence-corrected chi connectivity index (χ2v) is 8.22. The summed E-state index contributed by atoms with van der Waals surface area (Å²) in [6, 6.07) is 4.97. The van der Waals surface area contributed by atoms with E-state index >= 15 is 0 Å². The van der Waals surface area contributed by atoms with E-state index in [9.17, 15) is 22.8 Å². The summed E-state index contributed by atoms with van der Waals surface area (Å²) < 4.78 is 43.7. The molecule has 5 nitrogen and oxygen atoms in total. The molecule has 1 unspecified atom stereocenters. The van der Waals surface area contributed by atoms with Crippen LogP contribution < -0.4 is 4.90 Å². The molecule has 1 atom stereocenters. The molecule has 2 aliphatic rings. The fourth-order valence-electron chi connectivity index (χ4n) is 4.12. The van der Waals surface area contributed by atoms with Crippen molar-refractivity contribution in [1.29, 1.82) is 0 Å². The van der Waals surface area contributed by atoms with Crippen LogP contribution in [0.1, 0.15) is 43.0 Å². The molecule has 0 saturated carbocycles. The van der Waals surface area contributed by atoms with Gasteiger partial charge in [0.1, 0.15) is 0 Å². The van der Waals surface area contributed by atoms with Crippen LogP contribution in [0.2, 0.25) is 5.02 Å². The number of carbonyl (C=O) groups is 2. The molecule has 0 N–H and O–H groups in total. The number of likely N-dealkylation sites (tertiary alicyclic amines) is 1. The quantitative estimate of drug-likeness (QED) is 0.637. The molecule has 0 aromatic heterocycles. The minimum atomic E-state index is -4.16. The van der Waals surface area contributed by atoms with Crippen LogP contribution in [0, 0.1) is 11.8 Å². The van der Waals surface area contributed by atoms with E-state index in [2.05, 4.69) is 0 Å². The number of esters is 1. The molecule has 0 radical (unpaired) electrons. The van der Waals surface area contributed by atoms with Gasteiger partial charge in [-0.25, -0.2) is 0 Å². The number of carbonyl (C=O) groups excluding carboxylic acids is 2. The van der Waals surface area contributed by atoms with E-state index in [0.717, 1.165) is 0 Å². The summed E-state index contributed by atoms with van der Waals surface area (Å²) in [5, 5.41) is 0.258. The van der Waals surface area contributed by atoms with Gasteiger partial charge in [-0.2, -0.15) is 13.2 Å². The summed E-state index contributed by atoms with van der Waals surface area (Å²) in [7, 11) is 0. The van der Waals surface area contributed by atoms with Crippen LogP contribution in [0.5, 0.6) is 0 Å². The highest BCUT2D eigenvalue weighted by Crippen LogP contribution is 2.36. The summed E-state index contributed by atoms with van der Waals surface area (Å²) in [6.07, 6.45) is -2.67. The third-order valence-corrected chi connectivity index (χ3v) is 6.15. The molecule has 9 heteroatoms. The number of amides is 1. The zero-order chi connectivity index (χ0) is 21.9. The maximum atomic E-state index is 12.9. The number of benzene rings is 1. The van der Waals surface area contributed by atoms with Crippen LogP contribution in [0.15, 0.2) is 18.2 Å². The molecule has 1 aromatic carbocycles. The molecule has 2 aliphatic heterocycles. The number of piperidine rings is 2. The molecule has 1 aromatic rings. The lowest BCUT2D eigenvalue weighted by Gasteiger charge is -2.35. The molecule has 166 valence electrons. The lowest BCUT2D eigenvalue weighted by Crippen LogP contribution is -2.43. The smallest absolute Gasteiger partial charge is 0.391 e. The maximum Gasteiger partial charge on any atom is 0.391 e. The number of nitrogens with zero attached hydrogens (tertiary/aromatic N) is 2. The van der Waals surface area contributed by atoms with Gasteiger partial charge in [-0.05, 0) is 50.8 Å². The van der Waals surface area contributed by atoms with Crippen molar-refractivity contribution in [2.75, 3.05) is 37.7 Å². The zero-order valence-electron chi connectivity index (χ0n) is 16.9. The zero-order valence-corrected chi connectivity index (χ0v) is 17.6. The van der Waals surface area contributed by atoms with Crippen LogP contribution in [-0.4, -0.2) is 55.7 Å². The standard InChI is InChI=1S/C21H26ClF3N2O3/c1-2-30-20(29)14-4-3-9-27(13-14)19(28)17-6-5-16(12-18(17)22)26-10-7-15(8-11-26)21(23,24)25/h5-6,12,14-15H,2-4,7-11,13H2,1H3. The molecule has 0 aliphatic carbocycles. The first-order chi connectivity index (χ1) is 14.2. The van der Waals surface area contributed by atoms with Crippen LogP contribution >= 0.6 is 11.6 Å². The van der Waals surface area contributed by atoms with Crippen molar-refractivity contribution in [2.24, 2.45) is 11.8 Å². The topological polar surface area (TPSA) is 49.9 Å². The maximum absolute atomic E-state index is 12.9. The third kappa shape index (κ3) is 5.20. The van der Waals surface area contributed by atoms with Crippen molar-refractivity contribution in [3.8, 4) is 0 Å². The predicted molar refractivity (Wildman–Crippen MR) is 108 cm³/mol. The minimum Gasteiger partial charge on any atom is -0.466 e. The van der Waals surface area contributed by atoms with Crippen molar-refractivity contribution < 1.29 is 27.5 Å². The Hall–Kier alpha value is -1.96. The van der Waals surface area contributed by atoms with Gasteiger partial charge >= 0.3 is 12.1 Å². The number of hydrogen-bond donors (Lipinski definition) is 0. The summed E-state index contributed by atoms with van der Waals surface area (Å²) in [6.45, 7) is 3.47. The van der Waals surface area contributed by atoms with E-state index in [0.29, 0.717) is 56.9 Å². The monoisotopic (exact) mass is 446 g/mol. The molecule has 2 heterocycles. The Kier molecular flexibility index (Phi) is 7.16. The lowest BCUT2D eigenvalue weighted by molar-refractivity contribution is -0.179. The van der Waals surface area contributed by atoms with Gasteiger partial charge in [0.05, 0.1) is 29.0 Å². The SMILES string of the molecule is CCOC(=O)C1CCCN(C(=O)c2ccc(N3CCC(C(F)(F)F)CC3)cc2Cl)C1. The lowest BCUT2D eigenvalue weighted by atomic mass is 9.95. The number of anilines is 1. The van der Waals surface area contributed by atoms with Gasteiger partial charge in [-0.15, -0.1) is 0 Å². The highest BCUT2D eigenvalue weighted by Gasteiger charge is 2.41. The van der Waals surface area contributed by atoms with Gasteiger partial charge < -0.3 is 14.5 Å². The predicted octanol–water partition coefficient (Wildman–Crippen LogP) is 4.53.